The number of piperidine rings is 1. The van der Waals surface area contributed by atoms with Crippen molar-refractivity contribution in [2.24, 2.45) is 5.92 Å². The largest absolute Gasteiger partial charge is 0.336 e. The first-order valence-corrected chi connectivity index (χ1v) is 6.95. The predicted molar refractivity (Wildman–Crippen MR) is 67.7 cm³/mol. The number of fused-ring (bicyclic) bond motifs is 1. The highest BCUT2D eigenvalue weighted by molar-refractivity contribution is 7.18. The standard InChI is InChI=1S/C11H15N5OS/c1-7-4-3-5-15(6-7)10(17)9-14-16-8(2)12-13-11(16)18-9/h7H,3-6H2,1-2H3. The highest BCUT2D eigenvalue weighted by Gasteiger charge is 2.25. The first-order chi connectivity index (χ1) is 8.65. The van der Waals surface area contributed by atoms with Gasteiger partial charge in [0.05, 0.1) is 0 Å². The van der Waals surface area contributed by atoms with Gasteiger partial charge in [-0.1, -0.05) is 18.3 Å². The van der Waals surface area contributed by atoms with Crippen molar-refractivity contribution >= 4 is 22.2 Å². The third kappa shape index (κ3) is 1.88. The molecular weight excluding hydrogens is 250 g/mol. The number of hydrogen-bond donors (Lipinski definition) is 0. The number of amides is 1. The van der Waals surface area contributed by atoms with Crippen LogP contribution in [0.1, 0.15) is 35.4 Å². The Bertz CT molecular complexity index is 589. The van der Waals surface area contributed by atoms with Gasteiger partial charge < -0.3 is 4.90 Å². The lowest BCUT2D eigenvalue weighted by Crippen LogP contribution is -2.39. The van der Waals surface area contributed by atoms with Gasteiger partial charge in [0, 0.05) is 13.1 Å². The molecule has 7 heteroatoms. The van der Waals surface area contributed by atoms with E-state index in [0.29, 0.717) is 21.7 Å². The maximum Gasteiger partial charge on any atom is 0.284 e. The zero-order valence-electron chi connectivity index (χ0n) is 10.5. The summed E-state index contributed by atoms with van der Waals surface area (Å²) < 4.78 is 1.63. The number of aryl methyl sites for hydroxylation is 1. The maximum absolute atomic E-state index is 12.3. The van der Waals surface area contributed by atoms with Crippen molar-refractivity contribution in [2.45, 2.75) is 26.7 Å². The molecule has 0 aromatic carbocycles. The average Bonchev–Trinajstić information content (AvgIpc) is 2.91. The fraction of sp³-hybridized carbons (Fsp3) is 0.636. The van der Waals surface area contributed by atoms with Crippen LogP contribution < -0.4 is 0 Å². The fourth-order valence-corrected chi connectivity index (χ4v) is 3.16. The van der Waals surface area contributed by atoms with Gasteiger partial charge in [-0.25, -0.2) is 0 Å². The molecule has 0 bridgehead atoms. The zero-order valence-corrected chi connectivity index (χ0v) is 11.3. The van der Waals surface area contributed by atoms with E-state index in [-0.39, 0.29) is 5.91 Å². The van der Waals surface area contributed by atoms with E-state index in [2.05, 4.69) is 22.2 Å². The molecule has 1 aliphatic heterocycles. The summed E-state index contributed by atoms with van der Waals surface area (Å²) in [6.07, 6.45) is 2.28. The van der Waals surface area contributed by atoms with Crippen LogP contribution >= 0.6 is 11.3 Å². The third-order valence-corrected chi connectivity index (χ3v) is 4.16. The quantitative estimate of drug-likeness (QED) is 0.781. The first kappa shape index (κ1) is 11.6. The molecule has 0 saturated carbocycles. The fourth-order valence-electron chi connectivity index (χ4n) is 2.31. The minimum atomic E-state index is 0.0245. The van der Waals surface area contributed by atoms with Gasteiger partial charge in [-0.2, -0.15) is 4.52 Å². The van der Waals surface area contributed by atoms with E-state index in [0.717, 1.165) is 19.5 Å². The zero-order chi connectivity index (χ0) is 12.7. The number of carbonyl (C=O) groups is 1. The van der Waals surface area contributed by atoms with E-state index in [1.54, 1.807) is 4.52 Å². The summed E-state index contributed by atoms with van der Waals surface area (Å²) >= 11 is 1.31. The maximum atomic E-state index is 12.3. The summed E-state index contributed by atoms with van der Waals surface area (Å²) in [4.78, 5) is 14.9. The summed E-state index contributed by atoms with van der Waals surface area (Å²) in [6.45, 7) is 5.68. The molecule has 6 nitrogen and oxygen atoms in total. The van der Waals surface area contributed by atoms with Crippen LogP contribution in [0, 0.1) is 12.8 Å². The Morgan fingerprint density at radius 3 is 3.00 bits per heavy atom. The van der Waals surface area contributed by atoms with Crippen LogP contribution in [0.2, 0.25) is 0 Å². The lowest BCUT2D eigenvalue weighted by atomic mass is 10.0. The van der Waals surface area contributed by atoms with Gasteiger partial charge in [0.25, 0.3) is 5.91 Å². The van der Waals surface area contributed by atoms with Gasteiger partial charge in [0.15, 0.2) is 5.82 Å². The molecule has 0 aliphatic carbocycles. The molecule has 1 fully saturated rings. The molecule has 0 spiro atoms. The lowest BCUT2D eigenvalue weighted by molar-refractivity contribution is 0.0681. The topological polar surface area (TPSA) is 63.4 Å². The molecule has 0 radical (unpaired) electrons. The van der Waals surface area contributed by atoms with Crippen molar-refractivity contribution in [3.05, 3.63) is 10.8 Å². The van der Waals surface area contributed by atoms with Crippen molar-refractivity contribution in [1.82, 2.24) is 24.7 Å². The SMILES string of the molecule is Cc1nnc2sc(C(=O)N3CCCC(C)C3)nn12. The van der Waals surface area contributed by atoms with E-state index in [1.807, 2.05) is 11.8 Å². The Labute approximate surface area is 109 Å². The Hall–Kier alpha value is -1.50. The minimum absolute atomic E-state index is 0.0245. The number of nitrogens with zero attached hydrogens (tertiary/aromatic N) is 5. The van der Waals surface area contributed by atoms with Gasteiger partial charge in [-0.15, -0.1) is 15.3 Å². The highest BCUT2D eigenvalue weighted by Crippen LogP contribution is 2.20. The Balaban J connectivity index is 1.86. The Kier molecular flexibility index (Phi) is 2.77. The molecule has 1 saturated heterocycles. The van der Waals surface area contributed by atoms with E-state index in [1.165, 1.54) is 17.8 Å². The molecule has 18 heavy (non-hydrogen) atoms. The average molecular weight is 265 g/mol. The van der Waals surface area contributed by atoms with Crippen LogP contribution in [-0.2, 0) is 0 Å². The van der Waals surface area contributed by atoms with Crippen molar-refractivity contribution in [3.8, 4) is 0 Å². The monoisotopic (exact) mass is 265 g/mol. The lowest BCUT2D eigenvalue weighted by Gasteiger charge is -2.30. The summed E-state index contributed by atoms with van der Waals surface area (Å²) in [6, 6.07) is 0. The van der Waals surface area contributed by atoms with Crippen molar-refractivity contribution in [1.29, 1.82) is 0 Å². The van der Waals surface area contributed by atoms with Crippen LogP contribution in [0.4, 0.5) is 0 Å². The Morgan fingerprint density at radius 1 is 1.44 bits per heavy atom. The molecule has 3 rings (SSSR count). The predicted octanol–water partition coefficient (Wildman–Crippen LogP) is 1.37. The first-order valence-electron chi connectivity index (χ1n) is 6.13. The van der Waals surface area contributed by atoms with Crippen molar-refractivity contribution in [3.63, 3.8) is 0 Å². The third-order valence-electron chi connectivity index (χ3n) is 3.27. The molecule has 96 valence electrons. The number of rotatable bonds is 1. The molecule has 2 aromatic rings. The summed E-state index contributed by atoms with van der Waals surface area (Å²) in [7, 11) is 0. The highest BCUT2D eigenvalue weighted by atomic mass is 32.1. The second-order valence-electron chi connectivity index (χ2n) is 4.85. The minimum Gasteiger partial charge on any atom is -0.336 e. The van der Waals surface area contributed by atoms with Crippen LogP contribution in [0.5, 0.6) is 0 Å². The van der Waals surface area contributed by atoms with Gasteiger partial charge in [0.2, 0.25) is 9.97 Å². The number of likely N-dealkylation sites (tertiary alicyclic amines) is 1. The van der Waals surface area contributed by atoms with E-state index < -0.39 is 0 Å². The molecule has 1 unspecified atom stereocenters. The van der Waals surface area contributed by atoms with Crippen LogP contribution in [0.25, 0.3) is 4.96 Å². The van der Waals surface area contributed by atoms with Crippen LogP contribution in [-0.4, -0.2) is 43.7 Å². The van der Waals surface area contributed by atoms with Crippen molar-refractivity contribution in [2.75, 3.05) is 13.1 Å². The van der Waals surface area contributed by atoms with Gasteiger partial charge in [-0.3, -0.25) is 4.79 Å². The second-order valence-corrected chi connectivity index (χ2v) is 5.80. The van der Waals surface area contributed by atoms with Gasteiger partial charge in [-0.05, 0) is 25.7 Å². The van der Waals surface area contributed by atoms with E-state index >= 15 is 0 Å². The van der Waals surface area contributed by atoms with E-state index in [9.17, 15) is 4.79 Å². The normalized spacial score (nSPS) is 20.6. The van der Waals surface area contributed by atoms with Gasteiger partial charge in [0.1, 0.15) is 0 Å². The molecule has 3 heterocycles. The summed E-state index contributed by atoms with van der Waals surface area (Å²) in [5.41, 5.74) is 0. The number of carbonyl (C=O) groups excluding carboxylic acids is 1. The van der Waals surface area contributed by atoms with Gasteiger partial charge >= 0.3 is 0 Å². The summed E-state index contributed by atoms with van der Waals surface area (Å²) in [5.74, 6) is 1.32. The van der Waals surface area contributed by atoms with Crippen LogP contribution in [0.15, 0.2) is 0 Å². The smallest absolute Gasteiger partial charge is 0.284 e. The molecular formula is C11H15N5OS. The van der Waals surface area contributed by atoms with E-state index in [4.69, 9.17) is 0 Å². The second kappa shape index (κ2) is 4.31. The van der Waals surface area contributed by atoms with Crippen LogP contribution in [0.3, 0.4) is 0 Å². The molecule has 2 aromatic heterocycles. The molecule has 1 amide bonds. The molecule has 1 atom stereocenters. The number of hydrogen-bond acceptors (Lipinski definition) is 5. The van der Waals surface area contributed by atoms with Crippen molar-refractivity contribution < 1.29 is 4.79 Å². The number of aromatic nitrogens is 4. The molecule has 0 N–H and O–H groups in total. The summed E-state index contributed by atoms with van der Waals surface area (Å²) in [5, 5.41) is 12.7. The molecule has 1 aliphatic rings. The Morgan fingerprint density at radius 2 is 2.28 bits per heavy atom.